The van der Waals surface area contributed by atoms with Crippen molar-refractivity contribution in [3.63, 3.8) is 0 Å². The molecule has 0 saturated carbocycles. The predicted octanol–water partition coefficient (Wildman–Crippen LogP) is 2.61. The van der Waals surface area contributed by atoms with E-state index in [1.807, 2.05) is 4.90 Å². The van der Waals surface area contributed by atoms with Gasteiger partial charge in [-0.25, -0.2) is 4.79 Å². The molecule has 6 heteroatoms. The summed E-state index contributed by atoms with van der Waals surface area (Å²) < 4.78 is 10.6. The Morgan fingerprint density at radius 1 is 1.67 bits per heavy atom. The van der Waals surface area contributed by atoms with E-state index < -0.39 is 11.9 Å². The molecule has 5 nitrogen and oxygen atoms in total. The fraction of sp³-hybridized carbons (Fsp3) is 0.333. The molecule has 0 N–H and O–H groups in total. The number of nitriles is 1. The molecular weight excluding hydrogens is 288 g/mol. The highest BCUT2D eigenvalue weighted by atomic mass is 32.2. The third-order valence-electron chi connectivity index (χ3n) is 3.42. The van der Waals surface area contributed by atoms with E-state index in [4.69, 9.17) is 9.15 Å². The van der Waals surface area contributed by atoms with Gasteiger partial charge >= 0.3 is 5.97 Å². The molecule has 108 valence electrons. The second-order valence-corrected chi connectivity index (χ2v) is 5.71. The molecule has 0 aliphatic carbocycles. The second-order valence-electron chi connectivity index (χ2n) is 4.63. The Bertz CT molecular complexity index is 655. The van der Waals surface area contributed by atoms with Gasteiger partial charge in [0.15, 0.2) is 0 Å². The van der Waals surface area contributed by atoms with Crippen molar-refractivity contribution < 1.29 is 13.9 Å². The third kappa shape index (κ3) is 2.34. The van der Waals surface area contributed by atoms with Crippen LogP contribution in [0.2, 0.25) is 0 Å². The maximum absolute atomic E-state index is 12.3. The highest BCUT2D eigenvalue weighted by Gasteiger charge is 2.38. The molecule has 21 heavy (non-hydrogen) atoms. The van der Waals surface area contributed by atoms with Crippen LogP contribution in [0.4, 0.5) is 0 Å². The molecule has 1 saturated heterocycles. The van der Waals surface area contributed by atoms with E-state index in [0.29, 0.717) is 23.5 Å². The minimum absolute atomic E-state index is 0.300. The van der Waals surface area contributed by atoms with E-state index in [9.17, 15) is 10.1 Å². The summed E-state index contributed by atoms with van der Waals surface area (Å²) in [5.41, 5.74) is 1.01. The first-order valence-electron chi connectivity index (χ1n) is 6.72. The predicted molar refractivity (Wildman–Crippen MR) is 78.0 cm³/mol. The number of hydrogen-bond donors (Lipinski definition) is 0. The van der Waals surface area contributed by atoms with Crippen molar-refractivity contribution >= 4 is 17.7 Å². The summed E-state index contributed by atoms with van der Waals surface area (Å²) in [6.45, 7) is 2.86. The van der Waals surface area contributed by atoms with Gasteiger partial charge in [0.1, 0.15) is 5.76 Å². The van der Waals surface area contributed by atoms with Crippen LogP contribution in [0.15, 0.2) is 45.2 Å². The number of fused-ring (bicyclic) bond motifs is 1. The van der Waals surface area contributed by atoms with E-state index in [2.05, 4.69) is 6.07 Å². The molecule has 2 aliphatic rings. The van der Waals surface area contributed by atoms with Crippen LogP contribution in [0.1, 0.15) is 18.6 Å². The number of ether oxygens (including phenoxy) is 1. The molecule has 0 radical (unpaired) electrons. The number of allylic oxidation sites excluding steroid dienone is 1. The monoisotopic (exact) mass is 302 g/mol. The molecular formula is C15H14N2O3S. The lowest BCUT2D eigenvalue weighted by Crippen LogP contribution is -2.26. The summed E-state index contributed by atoms with van der Waals surface area (Å²) in [6.07, 6.45) is 3.34. The molecule has 0 unspecified atom stereocenters. The van der Waals surface area contributed by atoms with Crippen molar-refractivity contribution in [2.24, 2.45) is 0 Å². The average Bonchev–Trinajstić information content (AvgIpc) is 3.16. The first-order chi connectivity index (χ1) is 10.3. The number of carbonyl (C=O) groups is 1. The van der Waals surface area contributed by atoms with Gasteiger partial charge in [0.2, 0.25) is 0 Å². The smallest absolute Gasteiger partial charge is 0.336 e. The van der Waals surface area contributed by atoms with Crippen molar-refractivity contribution in [3.05, 3.63) is 46.5 Å². The average molecular weight is 302 g/mol. The molecule has 0 spiro atoms. The van der Waals surface area contributed by atoms with Gasteiger partial charge in [0, 0.05) is 18.5 Å². The molecule has 1 aromatic rings. The molecule has 0 aromatic carbocycles. The maximum atomic E-state index is 12.3. The van der Waals surface area contributed by atoms with E-state index in [1.54, 1.807) is 43.3 Å². The molecule has 3 rings (SSSR count). The van der Waals surface area contributed by atoms with Gasteiger partial charge in [-0.05, 0) is 19.1 Å². The second kappa shape index (κ2) is 5.70. The van der Waals surface area contributed by atoms with Gasteiger partial charge in [-0.15, -0.1) is 11.8 Å². The summed E-state index contributed by atoms with van der Waals surface area (Å²) in [5.74, 6) is 0.604. The zero-order valence-corrected chi connectivity index (χ0v) is 12.4. The Hall–Kier alpha value is -2.13. The standard InChI is InChI=1S/C15H14N2O3S/c1-2-19-15(18)11-9-17-5-7-21-14(17)10(8-16)13(11)12-4-3-6-20-12/h3-4,6,9,13H,2,5,7H2,1H3/t13-/m1/s1. The molecule has 3 heterocycles. The van der Waals surface area contributed by atoms with Crippen LogP contribution in [0.25, 0.3) is 0 Å². The summed E-state index contributed by atoms with van der Waals surface area (Å²) in [7, 11) is 0. The molecule has 1 fully saturated rings. The Kier molecular flexibility index (Phi) is 3.76. The normalized spacial score (nSPS) is 20.9. The van der Waals surface area contributed by atoms with Gasteiger partial charge in [0.25, 0.3) is 0 Å². The maximum Gasteiger partial charge on any atom is 0.336 e. The van der Waals surface area contributed by atoms with Crippen LogP contribution < -0.4 is 0 Å². The van der Waals surface area contributed by atoms with E-state index in [1.165, 1.54) is 0 Å². The van der Waals surface area contributed by atoms with Crippen LogP contribution in [0, 0.1) is 11.3 Å². The lowest BCUT2D eigenvalue weighted by molar-refractivity contribution is -0.138. The van der Waals surface area contributed by atoms with Crippen LogP contribution in [0.5, 0.6) is 0 Å². The lowest BCUT2D eigenvalue weighted by Gasteiger charge is -2.27. The Morgan fingerprint density at radius 3 is 3.19 bits per heavy atom. The zero-order valence-electron chi connectivity index (χ0n) is 11.5. The van der Waals surface area contributed by atoms with Crippen molar-refractivity contribution in [1.82, 2.24) is 4.90 Å². The van der Waals surface area contributed by atoms with Gasteiger partial charge < -0.3 is 14.1 Å². The van der Waals surface area contributed by atoms with Crippen molar-refractivity contribution in [1.29, 1.82) is 5.26 Å². The Labute approximate surface area is 126 Å². The summed E-state index contributed by atoms with van der Waals surface area (Å²) in [6, 6.07) is 5.79. The van der Waals surface area contributed by atoms with E-state index >= 15 is 0 Å². The largest absolute Gasteiger partial charge is 0.468 e. The molecule has 1 atom stereocenters. The quantitative estimate of drug-likeness (QED) is 0.800. The number of esters is 1. The Balaban J connectivity index is 2.09. The van der Waals surface area contributed by atoms with Crippen molar-refractivity contribution in [2.75, 3.05) is 18.9 Å². The number of thioether (sulfide) groups is 1. The first-order valence-corrected chi connectivity index (χ1v) is 7.70. The summed E-state index contributed by atoms with van der Waals surface area (Å²) in [4.78, 5) is 14.2. The SMILES string of the molecule is CCOC(=O)C1=CN2CCSC2=C(C#N)[C@H]1c1ccco1. The van der Waals surface area contributed by atoms with Crippen molar-refractivity contribution in [2.45, 2.75) is 12.8 Å². The van der Waals surface area contributed by atoms with Gasteiger partial charge in [-0.3, -0.25) is 0 Å². The van der Waals surface area contributed by atoms with Crippen LogP contribution >= 0.6 is 11.8 Å². The molecule has 0 bridgehead atoms. The zero-order chi connectivity index (χ0) is 14.8. The van der Waals surface area contributed by atoms with Gasteiger partial charge in [-0.1, -0.05) is 0 Å². The van der Waals surface area contributed by atoms with E-state index in [-0.39, 0.29) is 0 Å². The summed E-state index contributed by atoms with van der Waals surface area (Å²) >= 11 is 1.63. The van der Waals surface area contributed by atoms with Crippen LogP contribution in [-0.4, -0.2) is 29.8 Å². The topological polar surface area (TPSA) is 66.5 Å². The van der Waals surface area contributed by atoms with Crippen LogP contribution in [-0.2, 0) is 9.53 Å². The van der Waals surface area contributed by atoms with Gasteiger partial charge in [0.05, 0.1) is 41.0 Å². The first kappa shape index (κ1) is 13.8. The molecule has 1 aromatic heterocycles. The minimum atomic E-state index is -0.485. The molecule has 0 amide bonds. The fourth-order valence-corrected chi connectivity index (χ4v) is 3.66. The number of carbonyl (C=O) groups excluding carboxylic acids is 1. The number of furan rings is 1. The highest BCUT2D eigenvalue weighted by Crippen LogP contribution is 2.44. The van der Waals surface area contributed by atoms with E-state index in [0.717, 1.165) is 17.3 Å². The number of hydrogen-bond acceptors (Lipinski definition) is 6. The molecule has 2 aliphatic heterocycles. The van der Waals surface area contributed by atoms with Crippen LogP contribution in [0.3, 0.4) is 0 Å². The third-order valence-corrected chi connectivity index (χ3v) is 4.53. The van der Waals surface area contributed by atoms with Crippen molar-refractivity contribution in [3.8, 4) is 6.07 Å². The number of nitrogens with zero attached hydrogens (tertiary/aromatic N) is 2. The lowest BCUT2D eigenvalue weighted by atomic mass is 9.88. The minimum Gasteiger partial charge on any atom is -0.468 e. The highest BCUT2D eigenvalue weighted by molar-refractivity contribution is 8.03. The number of rotatable bonds is 3. The van der Waals surface area contributed by atoms with Gasteiger partial charge in [-0.2, -0.15) is 5.26 Å². The Morgan fingerprint density at radius 2 is 2.52 bits per heavy atom. The fourth-order valence-electron chi connectivity index (χ4n) is 2.55. The summed E-state index contributed by atoms with van der Waals surface area (Å²) in [5, 5.41) is 10.5.